The van der Waals surface area contributed by atoms with Crippen LogP contribution in [-0.2, 0) is 4.74 Å². The van der Waals surface area contributed by atoms with Crippen molar-refractivity contribution < 1.29 is 13.9 Å². The molecule has 1 aromatic rings. The summed E-state index contributed by atoms with van der Waals surface area (Å²) >= 11 is 0. The van der Waals surface area contributed by atoms with E-state index in [1.807, 2.05) is 13.8 Å². The van der Waals surface area contributed by atoms with Crippen LogP contribution in [0.2, 0.25) is 0 Å². The van der Waals surface area contributed by atoms with E-state index < -0.39 is 5.97 Å². The SMILES string of the molecule is CC.COC(=O)c1cc(C2CC2)c(F)cc1N. The lowest BCUT2D eigenvalue weighted by Gasteiger charge is -2.07. The average molecular weight is 239 g/mol. The maximum absolute atomic E-state index is 13.5. The first kappa shape index (κ1) is 13.5. The van der Waals surface area contributed by atoms with Crippen LogP contribution in [0.3, 0.4) is 0 Å². The third kappa shape index (κ3) is 2.96. The van der Waals surface area contributed by atoms with Crippen LogP contribution < -0.4 is 5.73 Å². The third-order valence-corrected chi connectivity index (χ3v) is 2.59. The molecule has 1 aliphatic rings. The van der Waals surface area contributed by atoms with Gasteiger partial charge in [0, 0.05) is 5.69 Å². The van der Waals surface area contributed by atoms with Crippen LogP contribution in [0.25, 0.3) is 0 Å². The number of nitrogen functional groups attached to an aromatic ring is 1. The lowest BCUT2D eigenvalue weighted by Crippen LogP contribution is -2.07. The smallest absolute Gasteiger partial charge is 0.339 e. The molecule has 3 nitrogen and oxygen atoms in total. The van der Waals surface area contributed by atoms with Crippen LogP contribution in [0.15, 0.2) is 12.1 Å². The summed E-state index contributed by atoms with van der Waals surface area (Å²) < 4.78 is 18.0. The molecule has 0 radical (unpaired) electrons. The van der Waals surface area contributed by atoms with Crippen LogP contribution in [0, 0.1) is 5.82 Å². The van der Waals surface area contributed by atoms with Crippen molar-refractivity contribution in [3.8, 4) is 0 Å². The van der Waals surface area contributed by atoms with Gasteiger partial charge in [-0.2, -0.15) is 0 Å². The number of nitrogens with two attached hydrogens (primary N) is 1. The minimum atomic E-state index is -0.519. The molecular formula is C13H18FNO2. The highest BCUT2D eigenvalue weighted by Crippen LogP contribution is 2.42. The fourth-order valence-corrected chi connectivity index (χ4v) is 1.60. The van der Waals surface area contributed by atoms with E-state index in [-0.39, 0.29) is 23.0 Å². The summed E-state index contributed by atoms with van der Waals surface area (Å²) in [6, 6.07) is 2.70. The second-order valence-corrected chi connectivity index (χ2v) is 3.73. The number of carbonyl (C=O) groups is 1. The monoisotopic (exact) mass is 239 g/mol. The molecule has 1 aromatic carbocycles. The Hall–Kier alpha value is -1.58. The summed E-state index contributed by atoms with van der Waals surface area (Å²) in [5.74, 6) is -0.606. The Labute approximate surface area is 101 Å². The van der Waals surface area contributed by atoms with E-state index in [1.54, 1.807) is 0 Å². The maximum Gasteiger partial charge on any atom is 0.339 e. The summed E-state index contributed by atoms with van der Waals surface area (Å²) in [5.41, 5.74) is 6.50. The molecule has 0 aromatic heterocycles. The lowest BCUT2D eigenvalue weighted by molar-refractivity contribution is 0.0602. The van der Waals surface area contributed by atoms with Crippen LogP contribution in [0.5, 0.6) is 0 Å². The topological polar surface area (TPSA) is 52.3 Å². The second-order valence-electron chi connectivity index (χ2n) is 3.73. The highest BCUT2D eigenvalue weighted by Gasteiger charge is 2.28. The van der Waals surface area contributed by atoms with Crippen molar-refractivity contribution in [2.45, 2.75) is 32.6 Å². The van der Waals surface area contributed by atoms with Gasteiger partial charge in [-0.05, 0) is 36.5 Å². The number of hydrogen-bond acceptors (Lipinski definition) is 3. The van der Waals surface area contributed by atoms with Crippen LogP contribution in [0.4, 0.5) is 10.1 Å². The average Bonchev–Trinajstić information content (AvgIpc) is 3.15. The number of rotatable bonds is 2. The van der Waals surface area contributed by atoms with Gasteiger partial charge in [0.1, 0.15) is 5.82 Å². The van der Waals surface area contributed by atoms with Gasteiger partial charge in [-0.25, -0.2) is 9.18 Å². The van der Waals surface area contributed by atoms with Crippen molar-refractivity contribution in [3.63, 3.8) is 0 Å². The van der Waals surface area contributed by atoms with E-state index in [9.17, 15) is 9.18 Å². The molecule has 1 aliphatic carbocycles. The zero-order chi connectivity index (χ0) is 13.0. The molecule has 0 bridgehead atoms. The number of methoxy groups -OCH3 is 1. The number of esters is 1. The molecule has 17 heavy (non-hydrogen) atoms. The standard InChI is InChI=1S/C11H12FNO2.C2H6/c1-15-11(14)8-4-7(6-2-3-6)9(12)5-10(8)13;1-2/h4-6H,2-3,13H2,1H3;1-2H3. The summed E-state index contributed by atoms with van der Waals surface area (Å²) in [6.07, 6.45) is 1.95. The highest BCUT2D eigenvalue weighted by atomic mass is 19.1. The summed E-state index contributed by atoms with van der Waals surface area (Å²) in [7, 11) is 1.28. The fraction of sp³-hybridized carbons (Fsp3) is 0.462. The highest BCUT2D eigenvalue weighted by molar-refractivity contribution is 5.95. The Kier molecular flexibility index (Phi) is 4.49. The molecule has 1 fully saturated rings. The lowest BCUT2D eigenvalue weighted by atomic mass is 10.0. The van der Waals surface area contributed by atoms with Crippen molar-refractivity contribution in [2.24, 2.45) is 0 Å². The summed E-state index contributed by atoms with van der Waals surface area (Å²) in [5, 5.41) is 0. The first-order valence-corrected chi connectivity index (χ1v) is 5.80. The summed E-state index contributed by atoms with van der Waals surface area (Å²) in [4.78, 5) is 11.3. The van der Waals surface area contributed by atoms with E-state index >= 15 is 0 Å². The third-order valence-electron chi connectivity index (χ3n) is 2.59. The van der Waals surface area contributed by atoms with Gasteiger partial charge in [0.25, 0.3) is 0 Å². The molecule has 2 N–H and O–H groups in total. The Morgan fingerprint density at radius 3 is 2.47 bits per heavy atom. The number of hydrogen-bond donors (Lipinski definition) is 1. The Morgan fingerprint density at radius 1 is 1.41 bits per heavy atom. The van der Waals surface area contributed by atoms with Gasteiger partial charge in [0.15, 0.2) is 0 Å². The molecule has 0 aliphatic heterocycles. The fourth-order valence-electron chi connectivity index (χ4n) is 1.60. The first-order valence-electron chi connectivity index (χ1n) is 5.80. The van der Waals surface area contributed by atoms with Crippen molar-refractivity contribution in [2.75, 3.05) is 12.8 Å². The van der Waals surface area contributed by atoms with Gasteiger partial charge in [-0.1, -0.05) is 13.8 Å². The van der Waals surface area contributed by atoms with Crippen molar-refractivity contribution in [1.82, 2.24) is 0 Å². The zero-order valence-corrected chi connectivity index (χ0v) is 10.4. The van der Waals surface area contributed by atoms with Gasteiger partial charge in [0.2, 0.25) is 0 Å². The van der Waals surface area contributed by atoms with E-state index in [0.717, 1.165) is 12.8 Å². The van der Waals surface area contributed by atoms with Crippen LogP contribution in [-0.4, -0.2) is 13.1 Å². The number of halogens is 1. The molecule has 94 valence electrons. The van der Waals surface area contributed by atoms with Gasteiger partial charge >= 0.3 is 5.97 Å². The molecular weight excluding hydrogens is 221 g/mol. The van der Waals surface area contributed by atoms with Gasteiger partial charge < -0.3 is 10.5 Å². The number of benzene rings is 1. The predicted octanol–water partition coefficient (Wildman–Crippen LogP) is 3.10. The number of ether oxygens (including phenoxy) is 1. The molecule has 2 rings (SSSR count). The summed E-state index contributed by atoms with van der Waals surface area (Å²) in [6.45, 7) is 4.00. The van der Waals surface area contributed by atoms with Gasteiger partial charge in [-0.3, -0.25) is 0 Å². The number of anilines is 1. The normalized spacial score (nSPS) is 13.6. The van der Waals surface area contributed by atoms with E-state index in [4.69, 9.17) is 5.73 Å². The minimum Gasteiger partial charge on any atom is -0.465 e. The molecule has 0 unspecified atom stereocenters. The Balaban J connectivity index is 0.000000686. The Morgan fingerprint density at radius 2 is 2.00 bits per heavy atom. The molecule has 0 heterocycles. The molecule has 0 spiro atoms. The predicted molar refractivity (Wildman–Crippen MR) is 65.5 cm³/mol. The maximum atomic E-state index is 13.5. The van der Waals surface area contributed by atoms with E-state index in [0.29, 0.717) is 5.56 Å². The van der Waals surface area contributed by atoms with Crippen molar-refractivity contribution in [3.05, 3.63) is 29.1 Å². The van der Waals surface area contributed by atoms with Crippen LogP contribution >= 0.6 is 0 Å². The van der Waals surface area contributed by atoms with Gasteiger partial charge in [0.05, 0.1) is 12.7 Å². The quantitative estimate of drug-likeness (QED) is 0.637. The van der Waals surface area contributed by atoms with E-state index in [1.165, 1.54) is 19.2 Å². The molecule has 4 heteroatoms. The molecule has 0 atom stereocenters. The van der Waals surface area contributed by atoms with Crippen LogP contribution in [0.1, 0.15) is 48.5 Å². The Bertz CT molecular complexity index is 414. The van der Waals surface area contributed by atoms with E-state index in [2.05, 4.69) is 4.74 Å². The number of carbonyl (C=O) groups excluding carboxylic acids is 1. The minimum absolute atomic E-state index is 0.128. The van der Waals surface area contributed by atoms with Gasteiger partial charge in [-0.15, -0.1) is 0 Å². The second kappa shape index (κ2) is 5.66. The largest absolute Gasteiger partial charge is 0.465 e. The molecule has 1 saturated carbocycles. The molecule has 0 saturated heterocycles. The zero-order valence-electron chi connectivity index (χ0n) is 10.4. The van der Waals surface area contributed by atoms with Crippen molar-refractivity contribution in [1.29, 1.82) is 0 Å². The molecule has 0 amide bonds. The first-order chi connectivity index (χ1) is 8.13. The van der Waals surface area contributed by atoms with Crippen molar-refractivity contribution >= 4 is 11.7 Å².